The van der Waals surface area contributed by atoms with Crippen molar-refractivity contribution in [1.82, 2.24) is 9.88 Å². The lowest BCUT2D eigenvalue weighted by atomic mass is 9.92. The summed E-state index contributed by atoms with van der Waals surface area (Å²) in [6.45, 7) is 3.16. The summed E-state index contributed by atoms with van der Waals surface area (Å²) in [6.07, 6.45) is 3.47. The molecule has 4 rings (SSSR count). The van der Waals surface area contributed by atoms with Gasteiger partial charge in [0.25, 0.3) is 5.91 Å². The predicted octanol–water partition coefficient (Wildman–Crippen LogP) is 2.36. The molecule has 27 heavy (non-hydrogen) atoms. The molecule has 0 radical (unpaired) electrons. The predicted molar refractivity (Wildman–Crippen MR) is 100 cm³/mol. The van der Waals surface area contributed by atoms with Gasteiger partial charge in [0.15, 0.2) is 0 Å². The first-order valence-electron chi connectivity index (χ1n) is 9.34. The van der Waals surface area contributed by atoms with Gasteiger partial charge < -0.3 is 19.1 Å². The van der Waals surface area contributed by atoms with E-state index in [4.69, 9.17) is 14.2 Å². The van der Waals surface area contributed by atoms with Gasteiger partial charge in [-0.25, -0.2) is 0 Å². The molecule has 1 amide bonds. The molecule has 2 aliphatic rings. The number of hydrogen-bond acceptors (Lipinski definition) is 5. The van der Waals surface area contributed by atoms with Crippen LogP contribution in [0.2, 0.25) is 0 Å². The third kappa shape index (κ3) is 4.06. The standard InChI is InChI=1S/C21H24N2O4/c1-25-19-5-3-16-10-15(14-27-20(16)12-19)11-18-4-2-17(13-22-18)21(24)23-6-8-26-9-7-23/h2-5,12-13,15H,6-11,14H2,1H3. The number of fused-ring (bicyclic) bond motifs is 1. The molecule has 0 aliphatic carbocycles. The van der Waals surface area contributed by atoms with Gasteiger partial charge in [-0.2, -0.15) is 0 Å². The molecule has 0 spiro atoms. The molecule has 142 valence electrons. The molecule has 6 nitrogen and oxygen atoms in total. The van der Waals surface area contributed by atoms with Gasteiger partial charge in [-0.1, -0.05) is 6.07 Å². The van der Waals surface area contributed by atoms with Crippen LogP contribution in [0.25, 0.3) is 0 Å². The summed E-state index contributed by atoms with van der Waals surface area (Å²) in [5.41, 5.74) is 2.82. The van der Waals surface area contributed by atoms with E-state index in [2.05, 4.69) is 11.1 Å². The Hall–Kier alpha value is -2.60. The SMILES string of the molecule is COc1ccc2c(c1)OCC(Cc1ccc(C(=O)N3CCOCC3)cn1)C2. The summed E-state index contributed by atoms with van der Waals surface area (Å²) in [7, 11) is 1.66. The number of carbonyl (C=O) groups excluding carboxylic acids is 1. The van der Waals surface area contributed by atoms with E-state index in [1.54, 1.807) is 13.3 Å². The van der Waals surface area contributed by atoms with Crippen LogP contribution in [0.3, 0.4) is 0 Å². The van der Waals surface area contributed by atoms with Crippen LogP contribution < -0.4 is 9.47 Å². The zero-order chi connectivity index (χ0) is 18.6. The van der Waals surface area contributed by atoms with E-state index in [-0.39, 0.29) is 5.91 Å². The minimum Gasteiger partial charge on any atom is -0.497 e. The van der Waals surface area contributed by atoms with Gasteiger partial charge in [0.2, 0.25) is 0 Å². The molecule has 0 N–H and O–H groups in total. The number of hydrogen-bond donors (Lipinski definition) is 0. The molecule has 3 heterocycles. The van der Waals surface area contributed by atoms with Gasteiger partial charge in [-0.15, -0.1) is 0 Å². The summed E-state index contributed by atoms with van der Waals surface area (Å²) in [4.78, 5) is 18.8. The number of rotatable bonds is 4. The smallest absolute Gasteiger partial charge is 0.255 e. The van der Waals surface area contributed by atoms with Crippen molar-refractivity contribution in [2.45, 2.75) is 12.8 Å². The molecule has 2 aliphatic heterocycles. The van der Waals surface area contributed by atoms with Crippen LogP contribution in [0.15, 0.2) is 36.5 Å². The first-order chi connectivity index (χ1) is 13.2. The highest BCUT2D eigenvalue weighted by Gasteiger charge is 2.22. The third-order valence-electron chi connectivity index (χ3n) is 5.13. The summed E-state index contributed by atoms with van der Waals surface area (Å²) in [5, 5.41) is 0. The lowest BCUT2D eigenvalue weighted by molar-refractivity contribution is 0.0302. The first kappa shape index (κ1) is 17.8. The van der Waals surface area contributed by atoms with Crippen LogP contribution in [-0.4, -0.2) is 55.8 Å². The van der Waals surface area contributed by atoms with Crippen molar-refractivity contribution in [1.29, 1.82) is 0 Å². The average Bonchev–Trinajstić information content (AvgIpc) is 2.74. The molecular formula is C21H24N2O4. The van der Waals surface area contributed by atoms with Gasteiger partial charge in [0.1, 0.15) is 11.5 Å². The maximum absolute atomic E-state index is 12.5. The number of morpholine rings is 1. The fourth-order valence-corrected chi connectivity index (χ4v) is 3.59. The summed E-state index contributed by atoms with van der Waals surface area (Å²) in [5.74, 6) is 2.12. The van der Waals surface area contributed by atoms with E-state index in [9.17, 15) is 4.79 Å². The number of nitrogens with zero attached hydrogens (tertiary/aromatic N) is 2. The summed E-state index contributed by atoms with van der Waals surface area (Å²) in [6, 6.07) is 9.81. The normalized spacial score (nSPS) is 19.1. The fourth-order valence-electron chi connectivity index (χ4n) is 3.59. The Balaban J connectivity index is 1.38. The first-order valence-corrected chi connectivity index (χ1v) is 9.34. The monoisotopic (exact) mass is 368 g/mol. The highest BCUT2D eigenvalue weighted by atomic mass is 16.5. The van der Waals surface area contributed by atoms with Crippen LogP contribution >= 0.6 is 0 Å². The largest absolute Gasteiger partial charge is 0.497 e. The zero-order valence-corrected chi connectivity index (χ0v) is 15.5. The number of methoxy groups -OCH3 is 1. The zero-order valence-electron chi connectivity index (χ0n) is 15.5. The Morgan fingerprint density at radius 2 is 2.11 bits per heavy atom. The van der Waals surface area contributed by atoms with Crippen molar-refractivity contribution < 1.29 is 19.0 Å². The molecule has 0 saturated carbocycles. The Labute approximate surface area is 159 Å². The van der Waals surface area contributed by atoms with Crippen molar-refractivity contribution in [2.24, 2.45) is 5.92 Å². The van der Waals surface area contributed by atoms with Crippen LogP contribution in [-0.2, 0) is 17.6 Å². The molecule has 1 fully saturated rings. The lowest BCUT2D eigenvalue weighted by Gasteiger charge is -2.27. The second kappa shape index (κ2) is 7.96. The maximum atomic E-state index is 12.5. The van der Waals surface area contributed by atoms with Crippen LogP contribution in [0.1, 0.15) is 21.6 Å². The minimum atomic E-state index is 0.0289. The Kier molecular flexibility index (Phi) is 5.25. The second-order valence-electron chi connectivity index (χ2n) is 7.00. The van der Waals surface area contributed by atoms with Crippen molar-refractivity contribution >= 4 is 5.91 Å². The number of ether oxygens (including phenoxy) is 3. The van der Waals surface area contributed by atoms with E-state index >= 15 is 0 Å². The highest BCUT2D eigenvalue weighted by molar-refractivity contribution is 5.94. The number of benzene rings is 1. The molecule has 2 aromatic rings. The summed E-state index contributed by atoms with van der Waals surface area (Å²) >= 11 is 0. The van der Waals surface area contributed by atoms with Crippen molar-refractivity contribution in [3.05, 3.63) is 53.3 Å². The maximum Gasteiger partial charge on any atom is 0.255 e. The van der Waals surface area contributed by atoms with E-state index < -0.39 is 0 Å². The van der Waals surface area contributed by atoms with Crippen LogP contribution in [0, 0.1) is 5.92 Å². The van der Waals surface area contributed by atoms with E-state index in [0.29, 0.717) is 44.4 Å². The Bertz CT molecular complexity index is 800. The fraction of sp³-hybridized carbons (Fsp3) is 0.429. The molecule has 1 aromatic carbocycles. The van der Waals surface area contributed by atoms with E-state index in [0.717, 1.165) is 30.0 Å². The number of carbonyl (C=O) groups is 1. The van der Waals surface area contributed by atoms with Crippen LogP contribution in [0.5, 0.6) is 11.5 Å². The second-order valence-corrected chi connectivity index (χ2v) is 7.00. The third-order valence-corrected chi connectivity index (χ3v) is 5.13. The van der Waals surface area contributed by atoms with Gasteiger partial charge in [0, 0.05) is 37.0 Å². The average molecular weight is 368 g/mol. The topological polar surface area (TPSA) is 60.9 Å². The summed E-state index contributed by atoms with van der Waals surface area (Å²) < 4.78 is 16.5. The molecule has 6 heteroatoms. The van der Waals surface area contributed by atoms with E-state index in [1.165, 1.54) is 5.56 Å². The van der Waals surface area contributed by atoms with Gasteiger partial charge in [-0.3, -0.25) is 9.78 Å². The number of aromatic nitrogens is 1. The molecular weight excluding hydrogens is 344 g/mol. The molecule has 1 aromatic heterocycles. The Morgan fingerprint density at radius 3 is 2.85 bits per heavy atom. The molecule has 1 saturated heterocycles. The van der Waals surface area contributed by atoms with Gasteiger partial charge in [0.05, 0.1) is 32.5 Å². The molecule has 0 bridgehead atoms. The molecule has 1 unspecified atom stereocenters. The van der Waals surface area contributed by atoms with Crippen LogP contribution in [0.4, 0.5) is 0 Å². The minimum absolute atomic E-state index is 0.0289. The molecule has 1 atom stereocenters. The number of pyridine rings is 1. The van der Waals surface area contributed by atoms with E-state index in [1.807, 2.05) is 29.2 Å². The van der Waals surface area contributed by atoms with Crippen molar-refractivity contribution in [3.8, 4) is 11.5 Å². The van der Waals surface area contributed by atoms with Gasteiger partial charge in [-0.05, 0) is 36.6 Å². The van der Waals surface area contributed by atoms with Crippen molar-refractivity contribution in [2.75, 3.05) is 40.0 Å². The Morgan fingerprint density at radius 1 is 1.26 bits per heavy atom. The highest BCUT2D eigenvalue weighted by Crippen LogP contribution is 2.32. The van der Waals surface area contributed by atoms with Gasteiger partial charge >= 0.3 is 0 Å². The lowest BCUT2D eigenvalue weighted by Crippen LogP contribution is -2.40. The quantitative estimate of drug-likeness (QED) is 0.829. The number of amides is 1. The van der Waals surface area contributed by atoms with Crippen molar-refractivity contribution in [3.63, 3.8) is 0 Å².